The monoisotopic (exact) mass is 341 g/mol. The van der Waals surface area contributed by atoms with Gasteiger partial charge in [-0.25, -0.2) is 0 Å². The molecule has 0 aromatic carbocycles. The molecule has 2 amide bonds. The lowest BCUT2D eigenvalue weighted by atomic mass is 10.3. The van der Waals surface area contributed by atoms with E-state index < -0.39 is 0 Å². The Morgan fingerprint density at radius 2 is 1.17 bits per heavy atom. The van der Waals surface area contributed by atoms with Crippen molar-refractivity contribution >= 4 is 11.8 Å². The minimum absolute atomic E-state index is 0.138. The Morgan fingerprint density at radius 3 is 1.58 bits per heavy atom. The fraction of sp³-hybridized carbons (Fsp3) is 0.882. The van der Waals surface area contributed by atoms with Crippen molar-refractivity contribution in [2.45, 2.75) is 25.7 Å². The second-order valence-corrected chi connectivity index (χ2v) is 6.54. The van der Waals surface area contributed by atoms with Gasteiger partial charge in [-0.15, -0.1) is 0 Å². The highest BCUT2D eigenvalue weighted by atomic mass is 16.2. The summed E-state index contributed by atoms with van der Waals surface area (Å²) >= 11 is 0. The molecule has 2 aliphatic heterocycles. The molecule has 0 spiro atoms. The van der Waals surface area contributed by atoms with Crippen molar-refractivity contribution in [2.24, 2.45) is 0 Å². The fourth-order valence-electron chi connectivity index (χ4n) is 2.85. The third-order valence-corrected chi connectivity index (χ3v) is 4.66. The van der Waals surface area contributed by atoms with Crippen molar-refractivity contribution in [1.29, 1.82) is 0 Å². The van der Waals surface area contributed by atoms with Crippen molar-refractivity contribution in [1.82, 2.24) is 25.3 Å². The molecule has 7 heteroatoms. The molecule has 2 rings (SSSR count). The van der Waals surface area contributed by atoms with Gasteiger partial charge in [0.05, 0.1) is 0 Å². The first-order valence-electron chi connectivity index (χ1n) is 9.09. The van der Waals surface area contributed by atoms with E-state index in [-0.39, 0.29) is 11.8 Å². The minimum atomic E-state index is 0.138. The van der Waals surface area contributed by atoms with E-state index in [1.165, 1.54) is 25.9 Å². The molecule has 0 aliphatic carbocycles. The highest BCUT2D eigenvalue weighted by Gasteiger charge is 2.14. The summed E-state index contributed by atoms with van der Waals surface area (Å²) in [5.41, 5.74) is 0. The summed E-state index contributed by atoms with van der Waals surface area (Å²) in [5.74, 6) is 0.288. The topological polar surface area (TPSA) is 67.9 Å². The maximum absolute atomic E-state index is 11.0. The fourth-order valence-corrected chi connectivity index (χ4v) is 2.85. The molecule has 2 aliphatic rings. The molecule has 2 saturated heterocycles. The summed E-state index contributed by atoms with van der Waals surface area (Å²) in [6.07, 6.45) is 3.87. The van der Waals surface area contributed by atoms with Gasteiger partial charge in [-0.3, -0.25) is 9.59 Å². The maximum Gasteiger partial charge on any atom is 0.221 e. The van der Waals surface area contributed by atoms with Crippen molar-refractivity contribution in [3.8, 4) is 0 Å². The summed E-state index contributed by atoms with van der Waals surface area (Å²) in [4.78, 5) is 28.8. The van der Waals surface area contributed by atoms with Crippen LogP contribution in [0.15, 0.2) is 0 Å². The Kier molecular flexibility index (Phi) is 10.6. The van der Waals surface area contributed by atoms with Crippen LogP contribution in [0.1, 0.15) is 25.7 Å². The molecule has 0 saturated carbocycles. The highest BCUT2D eigenvalue weighted by molar-refractivity contribution is 5.75. The molecule has 0 aromatic rings. The van der Waals surface area contributed by atoms with E-state index in [0.29, 0.717) is 12.8 Å². The molecule has 2 fully saturated rings. The third kappa shape index (κ3) is 9.20. The van der Waals surface area contributed by atoms with Crippen LogP contribution in [-0.4, -0.2) is 100 Å². The number of likely N-dealkylation sites (tertiary alicyclic amines) is 1. The van der Waals surface area contributed by atoms with Crippen LogP contribution < -0.4 is 10.6 Å². The molecular weight excluding hydrogens is 306 g/mol. The van der Waals surface area contributed by atoms with E-state index in [4.69, 9.17) is 0 Å². The van der Waals surface area contributed by atoms with Gasteiger partial charge in [0.15, 0.2) is 0 Å². The van der Waals surface area contributed by atoms with Gasteiger partial charge in [-0.05, 0) is 33.0 Å². The van der Waals surface area contributed by atoms with Crippen LogP contribution in [0.4, 0.5) is 0 Å². The van der Waals surface area contributed by atoms with E-state index in [2.05, 4.69) is 32.4 Å². The molecule has 0 aromatic heterocycles. The molecule has 2 heterocycles. The number of piperazine rings is 1. The van der Waals surface area contributed by atoms with Crippen LogP contribution in [0.5, 0.6) is 0 Å². The van der Waals surface area contributed by atoms with Crippen LogP contribution in [0.2, 0.25) is 0 Å². The molecule has 24 heavy (non-hydrogen) atoms. The van der Waals surface area contributed by atoms with E-state index in [9.17, 15) is 9.59 Å². The third-order valence-electron chi connectivity index (χ3n) is 4.66. The van der Waals surface area contributed by atoms with Gasteiger partial charge >= 0.3 is 0 Å². The van der Waals surface area contributed by atoms with Crippen LogP contribution in [-0.2, 0) is 9.59 Å². The number of rotatable bonds is 6. The van der Waals surface area contributed by atoms with Gasteiger partial charge in [-0.2, -0.15) is 0 Å². The minimum Gasteiger partial charge on any atom is -0.359 e. The van der Waals surface area contributed by atoms with Gasteiger partial charge in [0.2, 0.25) is 11.8 Å². The van der Waals surface area contributed by atoms with Gasteiger partial charge in [-0.1, -0.05) is 0 Å². The first-order valence-corrected chi connectivity index (χ1v) is 9.09. The predicted molar refractivity (Wildman–Crippen MR) is 97.0 cm³/mol. The first kappa shape index (κ1) is 20.9. The van der Waals surface area contributed by atoms with Crippen LogP contribution in [0.25, 0.3) is 0 Å². The number of carbonyl (C=O) groups excluding carboxylic acids is 2. The first-order chi connectivity index (χ1) is 11.5. The largest absolute Gasteiger partial charge is 0.359 e. The van der Waals surface area contributed by atoms with Crippen LogP contribution in [0, 0.1) is 0 Å². The maximum atomic E-state index is 11.0. The number of amides is 2. The molecule has 0 bridgehead atoms. The Balaban J connectivity index is 0.000000243. The number of nitrogens with zero attached hydrogens (tertiary/aromatic N) is 3. The lowest BCUT2D eigenvalue weighted by molar-refractivity contribution is -0.121. The zero-order chi connectivity index (χ0) is 17.8. The van der Waals surface area contributed by atoms with Crippen LogP contribution >= 0.6 is 0 Å². The lowest BCUT2D eigenvalue weighted by Gasteiger charge is -2.32. The quantitative estimate of drug-likeness (QED) is 0.687. The van der Waals surface area contributed by atoms with E-state index in [1.807, 2.05) is 0 Å². The number of nitrogens with one attached hydrogen (secondary N) is 2. The Hall–Kier alpha value is -1.18. The lowest BCUT2D eigenvalue weighted by Crippen LogP contribution is -2.45. The van der Waals surface area contributed by atoms with Gasteiger partial charge in [0, 0.05) is 66.2 Å². The van der Waals surface area contributed by atoms with E-state index >= 15 is 0 Å². The second kappa shape index (κ2) is 12.2. The molecule has 0 atom stereocenters. The van der Waals surface area contributed by atoms with Crippen molar-refractivity contribution in [3.05, 3.63) is 0 Å². The number of likely N-dealkylation sites (N-methyl/N-ethyl adjacent to an activating group) is 1. The zero-order valence-electron chi connectivity index (χ0n) is 15.6. The second-order valence-electron chi connectivity index (χ2n) is 6.54. The number of hydrogen-bond acceptors (Lipinski definition) is 5. The van der Waals surface area contributed by atoms with Gasteiger partial charge in [0.1, 0.15) is 0 Å². The average Bonchev–Trinajstić information content (AvgIpc) is 3.13. The number of carbonyl (C=O) groups is 2. The summed E-state index contributed by atoms with van der Waals surface area (Å²) in [6, 6.07) is 0. The van der Waals surface area contributed by atoms with Crippen molar-refractivity contribution in [3.63, 3.8) is 0 Å². The van der Waals surface area contributed by atoms with E-state index in [1.54, 1.807) is 14.1 Å². The Morgan fingerprint density at radius 1 is 0.750 bits per heavy atom. The smallest absolute Gasteiger partial charge is 0.221 e. The summed E-state index contributed by atoms with van der Waals surface area (Å²) in [6.45, 7) is 8.60. The summed E-state index contributed by atoms with van der Waals surface area (Å²) in [5, 5.41) is 5.26. The molecule has 140 valence electrons. The standard InChI is InChI=1S/C9H19N3O.C8H16N2O/c1-10-9(13)3-4-12-7-5-11(2)6-8-12;1-9-8(11)4-7-10-5-2-3-6-10/h3-8H2,1-2H3,(H,10,13);2-7H2,1H3,(H,9,11). The Bertz CT molecular complexity index is 364. The number of hydrogen-bond donors (Lipinski definition) is 2. The van der Waals surface area contributed by atoms with Crippen molar-refractivity contribution in [2.75, 3.05) is 73.5 Å². The molecule has 7 nitrogen and oxygen atoms in total. The molecule has 0 unspecified atom stereocenters. The normalized spacial score (nSPS) is 19.5. The summed E-state index contributed by atoms with van der Waals surface area (Å²) in [7, 11) is 5.51. The Labute approximate surface area is 146 Å². The molecular formula is C17H35N5O2. The molecule has 2 N–H and O–H groups in total. The zero-order valence-corrected chi connectivity index (χ0v) is 15.6. The SMILES string of the molecule is CNC(=O)CCN1CCCC1.CNC(=O)CCN1CCN(C)CC1. The average molecular weight is 342 g/mol. The van der Waals surface area contributed by atoms with Gasteiger partial charge in [0.25, 0.3) is 0 Å². The highest BCUT2D eigenvalue weighted by Crippen LogP contribution is 2.06. The predicted octanol–water partition coefficient (Wildman–Crippen LogP) is -0.412. The van der Waals surface area contributed by atoms with Gasteiger partial charge < -0.3 is 25.3 Å². The summed E-state index contributed by atoms with van der Waals surface area (Å²) < 4.78 is 0. The van der Waals surface area contributed by atoms with Crippen LogP contribution in [0.3, 0.4) is 0 Å². The van der Waals surface area contributed by atoms with Crippen molar-refractivity contribution < 1.29 is 9.59 Å². The molecule has 0 radical (unpaired) electrons. The van der Waals surface area contributed by atoms with E-state index in [0.717, 1.165) is 39.3 Å².